The summed E-state index contributed by atoms with van der Waals surface area (Å²) in [5, 5.41) is 0. The van der Waals surface area contributed by atoms with Crippen molar-refractivity contribution in [2.45, 2.75) is 0 Å². The van der Waals surface area contributed by atoms with Crippen molar-refractivity contribution in [1.82, 2.24) is 0 Å². The summed E-state index contributed by atoms with van der Waals surface area (Å²) in [5.41, 5.74) is 0. The van der Waals surface area contributed by atoms with E-state index in [1.165, 1.54) is 0 Å². The third-order valence-corrected chi connectivity index (χ3v) is 2.13. The van der Waals surface area contributed by atoms with Crippen LogP contribution in [0.25, 0.3) is 0 Å². The van der Waals surface area contributed by atoms with E-state index in [4.69, 9.17) is 9.47 Å². The van der Waals surface area contributed by atoms with Crippen LogP contribution in [0.2, 0.25) is 0 Å². The molecule has 94 valence electrons. The number of quaternary nitrogens is 1. The summed E-state index contributed by atoms with van der Waals surface area (Å²) >= 11 is 0. The van der Waals surface area contributed by atoms with E-state index in [2.05, 4.69) is 0 Å². The molecule has 0 aliphatic rings. The lowest BCUT2D eigenvalue weighted by atomic mass is 10.3. The number of ether oxygens (including phenoxy) is 2. The minimum Gasteiger partial charge on any atom is -0.482 e. The Balaban J connectivity index is 2.18. The van der Waals surface area contributed by atoms with Crippen LogP contribution in [-0.4, -0.2) is 51.4 Å². The molecule has 17 heavy (non-hydrogen) atoms. The van der Waals surface area contributed by atoms with Gasteiger partial charge >= 0.3 is 5.97 Å². The first-order valence-corrected chi connectivity index (χ1v) is 5.61. The first kappa shape index (κ1) is 13.5. The third kappa shape index (κ3) is 6.58. The highest BCUT2D eigenvalue weighted by Gasteiger charge is 2.09. The quantitative estimate of drug-likeness (QED) is 0.554. The van der Waals surface area contributed by atoms with Gasteiger partial charge in [-0.1, -0.05) is 18.2 Å². The molecule has 0 bridgehead atoms. The molecule has 0 aliphatic heterocycles. The summed E-state index contributed by atoms with van der Waals surface area (Å²) in [5.74, 6) is 0.346. The maximum absolute atomic E-state index is 11.3. The second-order valence-electron chi connectivity index (χ2n) is 4.84. The van der Waals surface area contributed by atoms with E-state index < -0.39 is 0 Å². The van der Waals surface area contributed by atoms with Gasteiger partial charge in [-0.15, -0.1) is 0 Å². The lowest BCUT2D eigenvalue weighted by molar-refractivity contribution is -0.870. The molecule has 0 saturated heterocycles. The van der Waals surface area contributed by atoms with Crippen LogP contribution in [0.1, 0.15) is 0 Å². The molecule has 0 aliphatic carbocycles. The molecule has 0 radical (unpaired) electrons. The molecule has 0 unspecified atom stereocenters. The molecular formula is C13H20NO3+. The molecule has 0 spiro atoms. The van der Waals surface area contributed by atoms with Gasteiger partial charge in [-0.05, 0) is 12.1 Å². The van der Waals surface area contributed by atoms with Gasteiger partial charge in [0.25, 0.3) is 0 Å². The average molecular weight is 238 g/mol. The molecule has 1 rings (SSSR count). The number of hydrogen-bond acceptors (Lipinski definition) is 3. The van der Waals surface area contributed by atoms with Crippen molar-refractivity contribution in [2.24, 2.45) is 0 Å². The monoisotopic (exact) mass is 238 g/mol. The Morgan fingerprint density at radius 2 is 1.82 bits per heavy atom. The summed E-state index contributed by atoms with van der Waals surface area (Å²) < 4.78 is 11.1. The summed E-state index contributed by atoms with van der Waals surface area (Å²) in [6, 6.07) is 9.22. The van der Waals surface area contributed by atoms with E-state index in [-0.39, 0.29) is 12.6 Å². The minimum absolute atomic E-state index is 0.0405. The Morgan fingerprint density at radius 3 is 2.41 bits per heavy atom. The van der Waals surface area contributed by atoms with Crippen LogP contribution in [-0.2, 0) is 9.53 Å². The van der Waals surface area contributed by atoms with Crippen LogP contribution in [0.15, 0.2) is 30.3 Å². The Morgan fingerprint density at radius 1 is 1.18 bits per heavy atom. The van der Waals surface area contributed by atoms with Crippen molar-refractivity contribution in [2.75, 3.05) is 40.9 Å². The number of para-hydroxylation sites is 1. The van der Waals surface area contributed by atoms with E-state index >= 15 is 0 Å². The van der Waals surface area contributed by atoms with Gasteiger partial charge in [0, 0.05) is 0 Å². The fourth-order valence-corrected chi connectivity index (χ4v) is 1.13. The van der Waals surface area contributed by atoms with Crippen LogP contribution in [0.4, 0.5) is 0 Å². The van der Waals surface area contributed by atoms with Crippen molar-refractivity contribution in [1.29, 1.82) is 0 Å². The predicted molar refractivity (Wildman–Crippen MR) is 65.8 cm³/mol. The summed E-state index contributed by atoms with van der Waals surface area (Å²) in [7, 11) is 6.15. The van der Waals surface area contributed by atoms with E-state index in [0.717, 1.165) is 11.0 Å². The van der Waals surface area contributed by atoms with Gasteiger partial charge in [-0.3, -0.25) is 0 Å². The molecule has 0 amide bonds. The van der Waals surface area contributed by atoms with Crippen LogP contribution in [0, 0.1) is 0 Å². The minimum atomic E-state index is -0.331. The van der Waals surface area contributed by atoms with E-state index in [1.807, 2.05) is 39.3 Å². The molecule has 0 saturated carbocycles. The highest BCUT2D eigenvalue weighted by Crippen LogP contribution is 2.07. The lowest BCUT2D eigenvalue weighted by Crippen LogP contribution is -2.38. The Bertz CT molecular complexity index is 343. The van der Waals surface area contributed by atoms with E-state index in [1.54, 1.807) is 12.1 Å². The summed E-state index contributed by atoms with van der Waals surface area (Å²) in [4.78, 5) is 11.3. The van der Waals surface area contributed by atoms with Crippen molar-refractivity contribution in [3.63, 3.8) is 0 Å². The average Bonchev–Trinajstić information content (AvgIpc) is 2.26. The fraction of sp³-hybridized carbons (Fsp3) is 0.462. The summed E-state index contributed by atoms with van der Waals surface area (Å²) in [6.07, 6.45) is 0. The molecular weight excluding hydrogens is 218 g/mol. The van der Waals surface area contributed by atoms with Gasteiger partial charge in [-0.2, -0.15) is 0 Å². The Kier molecular flexibility index (Phi) is 4.97. The van der Waals surface area contributed by atoms with Crippen molar-refractivity contribution >= 4 is 5.97 Å². The normalized spacial score (nSPS) is 11.0. The number of rotatable bonds is 6. The van der Waals surface area contributed by atoms with Gasteiger partial charge in [-0.25, -0.2) is 4.79 Å². The highest BCUT2D eigenvalue weighted by molar-refractivity contribution is 5.71. The first-order chi connectivity index (χ1) is 7.97. The zero-order valence-electron chi connectivity index (χ0n) is 10.7. The van der Waals surface area contributed by atoms with Gasteiger partial charge in [0.15, 0.2) is 6.61 Å². The van der Waals surface area contributed by atoms with Crippen LogP contribution in [0.3, 0.4) is 0 Å². The summed E-state index contributed by atoms with van der Waals surface area (Å²) in [6.45, 7) is 1.17. The number of nitrogens with zero attached hydrogens (tertiary/aromatic N) is 1. The van der Waals surface area contributed by atoms with Crippen molar-refractivity contribution in [3.8, 4) is 5.75 Å². The fourth-order valence-electron chi connectivity index (χ4n) is 1.13. The van der Waals surface area contributed by atoms with Crippen LogP contribution in [0.5, 0.6) is 5.75 Å². The smallest absolute Gasteiger partial charge is 0.344 e. The molecule has 0 heterocycles. The van der Waals surface area contributed by atoms with Gasteiger partial charge in [0.05, 0.1) is 21.1 Å². The number of likely N-dealkylation sites (N-methyl/N-ethyl adjacent to an activating group) is 1. The Labute approximate surface area is 102 Å². The largest absolute Gasteiger partial charge is 0.482 e. The molecule has 1 aromatic carbocycles. The van der Waals surface area contributed by atoms with Crippen molar-refractivity contribution in [3.05, 3.63) is 30.3 Å². The number of carbonyl (C=O) groups excluding carboxylic acids is 1. The SMILES string of the molecule is C[N+](C)(C)CCOC(=O)COc1ccccc1. The molecule has 0 fully saturated rings. The number of hydrogen-bond donors (Lipinski definition) is 0. The van der Waals surface area contributed by atoms with Crippen LogP contribution < -0.4 is 4.74 Å². The lowest BCUT2D eigenvalue weighted by Gasteiger charge is -2.23. The molecule has 0 aromatic heterocycles. The van der Waals surface area contributed by atoms with Crippen molar-refractivity contribution < 1.29 is 18.8 Å². The molecule has 0 N–H and O–H groups in total. The van der Waals surface area contributed by atoms with Gasteiger partial charge < -0.3 is 14.0 Å². The zero-order chi connectivity index (χ0) is 12.7. The van der Waals surface area contributed by atoms with E-state index in [9.17, 15) is 4.79 Å². The van der Waals surface area contributed by atoms with Gasteiger partial charge in [0.2, 0.25) is 0 Å². The molecule has 4 heteroatoms. The number of carbonyl (C=O) groups is 1. The predicted octanol–water partition coefficient (Wildman–Crippen LogP) is 1.31. The maximum atomic E-state index is 11.3. The highest BCUT2D eigenvalue weighted by atomic mass is 16.6. The number of benzene rings is 1. The Hall–Kier alpha value is -1.55. The number of esters is 1. The molecule has 4 nitrogen and oxygen atoms in total. The first-order valence-electron chi connectivity index (χ1n) is 5.61. The second kappa shape index (κ2) is 6.25. The topological polar surface area (TPSA) is 35.5 Å². The van der Waals surface area contributed by atoms with E-state index in [0.29, 0.717) is 12.4 Å². The molecule has 0 atom stereocenters. The zero-order valence-corrected chi connectivity index (χ0v) is 10.7. The van der Waals surface area contributed by atoms with Crippen LogP contribution >= 0.6 is 0 Å². The second-order valence-corrected chi connectivity index (χ2v) is 4.84. The maximum Gasteiger partial charge on any atom is 0.344 e. The molecule has 1 aromatic rings. The third-order valence-electron chi connectivity index (χ3n) is 2.13. The van der Waals surface area contributed by atoms with Gasteiger partial charge in [0.1, 0.15) is 18.9 Å². The standard InChI is InChI=1S/C13H20NO3/c1-14(2,3)9-10-16-13(15)11-17-12-7-5-4-6-8-12/h4-8H,9-11H2,1-3H3/q+1.